The van der Waals surface area contributed by atoms with Gasteiger partial charge in [0.15, 0.2) is 11.9 Å². The SMILES string of the molecule is CC(=O)c1cccc(NC(=O)[C@@H](C)OC(=O)c2cc3c(s2)CC[C@H](C)C3)c1. The van der Waals surface area contributed by atoms with E-state index in [4.69, 9.17) is 4.74 Å². The third-order valence-electron chi connectivity index (χ3n) is 4.72. The van der Waals surface area contributed by atoms with Gasteiger partial charge < -0.3 is 10.1 Å². The Bertz CT molecular complexity index is 886. The topological polar surface area (TPSA) is 72.5 Å². The highest BCUT2D eigenvalue weighted by Crippen LogP contribution is 2.32. The molecule has 0 unspecified atom stereocenters. The molecule has 2 aromatic rings. The molecular weight excluding hydrogens is 362 g/mol. The Morgan fingerprint density at radius 3 is 2.78 bits per heavy atom. The van der Waals surface area contributed by atoms with Crippen molar-refractivity contribution in [1.82, 2.24) is 0 Å². The fourth-order valence-corrected chi connectivity index (χ4v) is 4.23. The molecule has 0 fully saturated rings. The van der Waals surface area contributed by atoms with Crippen molar-refractivity contribution >= 4 is 34.7 Å². The minimum atomic E-state index is -0.934. The molecule has 0 bridgehead atoms. The molecule has 1 aliphatic carbocycles. The number of fused-ring (bicyclic) bond motifs is 1. The van der Waals surface area contributed by atoms with Crippen LogP contribution in [0.5, 0.6) is 0 Å². The summed E-state index contributed by atoms with van der Waals surface area (Å²) < 4.78 is 5.35. The lowest BCUT2D eigenvalue weighted by Crippen LogP contribution is -2.29. The molecule has 3 rings (SSSR count). The summed E-state index contributed by atoms with van der Waals surface area (Å²) in [5.74, 6) is -0.353. The van der Waals surface area contributed by atoms with Crippen LogP contribution in [0.25, 0.3) is 0 Å². The van der Waals surface area contributed by atoms with Crippen LogP contribution in [0, 0.1) is 5.92 Å². The number of rotatable bonds is 5. The van der Waals surface area contributed by atoms with Crippen molar-refractivity contribution in [2.24, 2.45) is 5.92 Å². The van der Waals surface area contributed by atoms with Crippen LogP contribution in [0.3, 0.4) is 0 Å². The Labute approximate surface area is 162 Å². The summed E-state index contributed by atoms with van der Waals surface area (Å²) in [6.07, 6.45) is 2.19. The highest BCUT2D eigenvalue weighted by molar-refractivity contribution is 7.14. The van der Waals surface area contributed by atoms with Gasteiger partial charge in [-0.2, -0.15) is 0 Å². The number of esters is 1. The fourth-order valence-electron chi connectivity index (χ4n) is 3.14. The molecule has 1 amide bonds. The first-order valence-corrected chi connectivity index (χ1v) is 9.89. The molecule has 0 radical (unpaired) electrons. The van der Waals surface area contributed by atoms with Crippen molar-refractivity contribution in [3.05, 3.63) is 51.2 Å². The van der Waals surface area contributed by atoms with Gasteiger partial charge >= 0.3 is 5.97 Å². The number of ether oxygens (including phenoxy) is 1. The van der Waals surface area contributed by atoms with Crippen LogP contribution >= 0.6 is 11.3 Å². The second kappa shape index (κ2) is 8.05. The summed E-state index contributed by atoms with van der Waals surface area (Å²) in [4.78, 5) is 38.0. The number of hydrogen-bond donors (Lipinski definition) is 1. The van der Waals surface area contributed by atoms with Crippen LogP contribution in [0.4, 0.5) is 5.69 Å². The van der Waals surface area contributed by atoms with Gasteiger partial charge in [-0.15, -0.1) is 11.3 Å². The summed E-state index contributed by atoms with van der Waals surface area (Å²) in [6, 6.07) is 8.57. The average Bonchev–Trinajstić information content (AvgIpc) is 3.05. The van der Waals surface area contributed by atoms with E-state index in [2.05, 4.69) is 12.2 Å². The monoisotopic (exact) mass is 385 g/mol. The number of aryl methyl sites for hydroxylation is 1. The highest BCUT2D eigenvalue weighted by Gasteiger charge is 2.24. The molecule has 0 spiro atoms. The van der Waals surface area contributed by atoms with Gasteiger partial charge in [-0.3, -0.25) is 9.59 Å². The molecule has 1 N–H and O–H groups in total. The standard InChI is InChI=1S/C21H23NO4S/c1-12-7-8-18-16(9-12)11-19(27-18)21(25)26-14(3)20(24)22-17-6-4-5-15(10-17)13(2)23/h4-6,10-12,14H,7-9H2,1-3H3,(H,22,24)/t12-,14+/m0/s1. The summed E-state index contributed by atoms with van der Waals surface area (Å²) in [5, 5.41) is 2.68. The molecule has 6 heteroatoms. The zero-order chi connectivity index (χ0) is 19.6. The number of ketones is 1. The van der Waals surface area contributed by atoms with E-state index in [0.29, 0.717) is 22.0 Å². The van der Waals surface area contributed by atoms with E-state index in [0.717, 1.165) is 19.3 Å². The van der Waals surface area contributed by atoms with Crippen LogP contribution in [0.2, 0.25) is 0 Å². The predicted molar refractivity (Wildman–Crippen MR) is 105 cm³/mol. The largest absolute Gasteiger partial charge is 0.448 e. The third kappa shape index (κ3) is 4.63. The van der Waals surface area contributed by atoms with Gasteiger partial charge in [-0.05, 0) is 62.8 Å². The fraction of sp³-hybridized carbons (Fsp3) is 0.381. The predicted octanol–water partition coefficient (Wildman–Crippen LogP) is 4.26. The number of carbonyl (C=O) groups excluding carboxylic acids is 3. The van der Waals surface area contributed by atoms with Gasteiger partial charge in [0.25, 0.3) is 5.91 Å². The molecule has 1 aromatic heterocycles. The maximum absolute atomic E-state index is 12.4. The lowest BCUT2D eigenvalue weighted by atomic mass is 9.90. The lowest BCUT2D eigenvalue weighted by molar-refractivity contribution is -0.123. The number of carbonyl (C=O) groups is 3. The van der Waals surface area contributed by atoms with Crippen LogP contribution in [-0.4, -0.2) is 23.8 Å². The van der Waals surface area contributed by atoms with E-state index >= 15 is 0 Å². The minimum Gasteiger partial charge on any atom is -0.448 e. The molecule has 0 saturated carbocycles. The van der Waals surface area contributed by atoms with Crippen molar-refractivity contribution in [1.29, 1.82) is 0 Å². The molecule has 5 nitrogen and oxygen atoms in total. The Balaban J connectivity index is 1.62. The smallest absolute Gasteiger partial charge is 0.349 e. The summed E-state index contributed by atoms with van der Waals surface area (Å²) >= 11 is 1.46. The Hall–Kier alpha value is -2.47. The molecule has 1 aliphatic rings. The normalized spacial score (nSPS) is 16.9. The number of amides is 1. The minimum absolute atomic E-state index is 0.0819. The maximum atomic E-state index is 12.4. The summed E-state index contributed by atoms with van der Waals surface area (Å²) in [5.41, 5.74) is 2.23. The number of anilines is 1. The Morgan fingerprint density at radius 2 is 2.04 bits per heavy atom. The van der Waals surface area contributed by atoms with E-state index < -0.39 is 18.0 Å². The highest BCUT2D eigenvalue weighted by atomic mass is 32.1. The number of nitrogens with one attached hydrogen (secondary N) is 1. The van der Waals surface area contributed by atoms with Gasteiger partial charge in [0.2, 0.25) is 0 Å². The molecule has 0 aliphatic heterocycles. The zero-order valence-electron chi connectivity index (χ0n) is 15.7. The summed E-state index contributed by atoms with van der Waals surface area (Å²) in [7, 11) is 0. The maximum Gasteiger partial charge on any atom is 0.349 e. The molecular formula is C21H23NO4S. The zero-order valence-corrected chi connectivity index (χ0v) is 16.5. The first-order valence-electron chi connectivity index (χ1n) is 9.08. The van der Waals surface area contributed by atoms with Crippen molar-refractivity contribution in [3.8, 4) is 0 Å². The molecule has 1 heterocycles. The van der Waals surface area contributed by atoms with Gasteiger partial charge in [0, 0.05) is 16.1 Å². The van der Waals surface area contributed by atoms with Gasteiger partial charge in [0.05, 0.1) is 0 Å². The van der Waals surface area contributed by atoms with Crippen LogP contribution in [-0.2, 0) is 22.4 Å². The van der Waals surface area contributed by atoms with Gasteiger partial charge in [0.1, 0.15) is 4.88 Å². The first-order chi connectivity index (χ1) is 12.8. The first kappa shape index (κ1) is 19.3. The van der Waals surface area contributed by atoms with E-state index in [1.165, 1.54) is 35.6 Å². The van der Waals surface area contributed by atoms with Crippen molar-refractivity contribution in [3.63, 3.8) is 0 Å². The van der Waals surface area contributed by atoms with E-state index in [1.54, 1.807) is 24.3 Å². The van der Waals surface area contributed by atoms with Crippen molar-refractivity contribution in [2.75, 3.05) is 5.32 Å². The number of benzene rings is 1. The van der Waals surface area contributed by atoms with Crippen molar-refractivity contribution in [2.45, 2.75) is 46.1 Å². The average molecular weight is 385 g/mol. The van der Waals surface area contributed by atoms with E-state index in [-0.39, 0.29) is 5.78 Å². The number of hydrogen-bond acceptors (Lipinski definition) is 5. The number of Topliss-reactive ketones (excluding diaryl/α,β-unsaturated/α-hetero) is 1. The second-order valence-corrected chi connectivity index (χ2v) is 8.22. The van der Waals surface area contributed by atoms with Crippen molar-refractivity contribution < 1.29 is 19.1 Å². The number of thiophene rings is 1. The molecule has 27 heavy (non-hydrogen) atoms. The molecule has 0 saturated heterocycles. The lowest BCUT2D eigenvalue weighted by Gasteiger charge is -2.16. The molecule has 2 atom stereocenters. The Kier molecular flexibility index (Phi) is 5.75. The Morgan fingerprint density at radius 1 is 1.26 bits per heavy atom. The van der Waals surface area contributed by atoms with Crippen LogP contribution in [0.1, 0.15) is 57.7 Å². The van der Waals surface area contributed by atoms with Crippen LogP contribution in [0.15, 0.2) is 30.3 Å². The van der Waals surface area contributed by atoms with Gasteiger partial charge in [-0.25, -0.2) is 4.79 Å². The van der Waals surface area contributed by atoms with E-state index in [1.807, 2.05) is 6.07 Å². The second-order valence-electron chi connectivity index (χ2n) is 7.08. The van der Waals surface area contributed by atoms with E-state index in [9.17, 15) is 14.4 Å². The quantitative estimate of drug-likeness (QED) is 0.617. The third-order valence-corrected chi connectivity index (χ3v) is 5.94. The summed E-state index contributed by atoms with van der Waals surface area (Å²) in [6.45, 7) is 5.22. The van der Waals surface area contributed by atoms with Crippen LogP contribution < -0.4 is 5.32 Å². The molecule has 1 aromatic carbocycles. The molecule has 142 valence electrons. The van der Waals surface area contributed by atoms with Gasteiger partial charge in [-0.1, -0.05) is 19.1 Å².